The quantitative estimate of drug-likeness (QED) is 0.787. The molecule has 2 aliphatic rings. The van der Waals surface area contributed by atoms with Gasteiger partial charge in [0.1, 0.15) is 5.69 Å². The lowest BCUT2D eigenvalue weighted by atomic mass is 10.1. The fourth-order valence-corrected chi connectivity index (χ4v) is 5.60. The summed E-state index contributed by atoms with van der Waals surface area (Å²) in [6.07, 6.45) is -0.178. The average Bonchev–Trinajstić information content (AvgIpc) is 3.30. The predicted molar refractivity (Wildman–Crippen MR) is 90.7 cm³/mol. The Hall–Kier alpha value is -1.91. The number of alkyl halides is 3. The Morgan fingerprint density at radius 3 is 2.41 bits per heavy atom. The first-order valence-corrected chi connectivity index (χ1v) is 10.7. The molecule has 3 heterocycles. The van der Waals surface area contributed by atoms with Gasteiger partial charge in [0.2, 0.25) is 0 Å². The van der Waals surface area contributed by atoms with Crippen LogP contribution in [0, 0.1) is 0 Å². The number of aryl methyl sites for hydroxylation is 1. The highest BCUT2D eigenvalue weighted by Gasteiger charge is 2.37. The molecule has 1 unspecified atom stereocenters. The fourth-order valence-electron chi connectivity index (χ4n) is 3.91. The van der Waals surface area contributed by atoms with Crippen molar-refractivity contribution >= 4 is 9.84 Å². The lowest BCUT2D eigenvalue weighted by molar-refractivity contribution is -0.141. The zero-order valence-corrected chi connectivity index (χ0v) is 15.6. The number of nitrogens with zero attached hydrogens (tertiary/aromatic N) is 5. The van der Waals surface area contributed by atoms with Gasteiger partial charge < -0.3 is 0 Å². The van der Waals surface area contributed by atoms with Crippen molar-refractivity contribution in [1.29, 1.82) is 0 Å². The van der Waals surface area contributed by atoms with Gasteiger partial charge in [-0.25, -0.2) is 18.1 Å². The third kappa shape index (κ3) is 3.48. The Balaban J connectivity index is 1.80. The van der Waals surface area contributed by atoms with E-state index in [4.69, 9.17) is 0 Å². The summed E-state index contributed by atoms with van der Waals surface area (Å²) < 4.78 is 65.6. The smallest absolute Gasteiger partial charge is 0.264 e. The molecule has 0 aromatic carbocycles. The van der Waals surface area contributed by atoms with Gasteiger partial charge in [0, 0.05) is 13.0 Å². The highest BCUT2D eigenvalue weighted by Crippen LogP contribution is 2.37. The molecule has 2 aromatic heterocycles. The maximum Gasteiger partial charge on any atom is 0.435 e. The summed E-state index contributed by atoms with van der Waals surface area (Å²) in [5.41, 5.74) is -0.820. The van der Waals surface area contributed by atoms with Gasteiger partial charge in [0.25, 0.3) is 0 Å². The van der Waals surface area contributed by atoms with Crippen molar-refractivity contribution < 1.29 is 21.6 Å². The van der Waals surface area contributed by atoms with Crippen LogP contribution >= 0.6 is 0 Å². The SMILES string of the molecule is Cn1nc(C(F)(F)F)cc1-c1nc(C2CCCC2)nn1C1CCS(=O)(=O)C1. The molecule has 0 amide bonds. The highest BCUT2D eigenvalue weighted by atomic mass is 32.2. The van der Waals surface area contributed by atoms with Crippen LogP contribution in [0.2, 0.25) is 0 Å². The summed E-state index contributed by atoms with van der Waals surface area (Å²) in [6, 6.07) is 0.527. The molecule has 148 valence electrons. The summed E-state index contributed by atoms with van der Waals surface area (Å²) in [4.78, 5) is 4.54. The minimum absolute atomic E-state index is 0.0505. The monoisotopic (exact) mass is 403 g/mol. The molecule has 1 aliphatic carbocycles. The van der Waals surface area contributed by atoms with E-state index in [1.165, 1.54) is 11.7 Å². The van der Waals surface area contributed by atoms with Gasteiger partial charge in [-0.15, -0.1) is 0 Å². The number of hydrogen-bond donors (Lipinski definition) is 0. The van der Waals surface area contributed by atoms with Crippen LogP contribution < -0.4 is 0 Å². The molecule has 1 saturated carbocycles. The molecule has 1 saturated heterocycles. The van der Waals surface area contributed by atoms with Crippen molar-refractivity contribution in [1.82, 2.24) is 24.5 Å². The molecule has 2 fully saturated rings. The van der Waals surface area contributed by atoms with E-state index in [1.54, 1.807) is 0 Å². The van der Waals surface area contributed by atoms with Crippen LogP contribution in [0.3, 0.4) is 0 Å². The maximum absolute atomic E-state index is 13.1. The van der Waals surface area contributed by atoms with Crippen molar-refractivity contribution in [3.05, 3.63) is 17.6 Å². The van der Waals surface area contributed by atoms with Gasteiger partial charge in [0.05, 0.1) is 17.5 Å². The number of hydrogen-bond acceptors (Lipinski definition) is 5. The van der Waals surface area contributed by atoms with E-state index in [-0.39, 0.29) is 28.9 Å². The van der Waals surface area contributed by atoms with Crippen LogP contribution in [0.5, 0.6) is 0 Å². The second-order valence-corrected chi connectivity index (χ2v) is 9.54. The molecule has 0 N–H and O–H groups in total. The standard InChI is InChI=1S/C16H20F3N5O2S/c1-23-12(8-13(21-23)16(17,18)19)15-20-14(10-4-2-3-5-10)22-24(15)11-6-7-27(25,26)9-11/h8,10-11H,2-7,9H2,1H3. The topological polar surface area (TPSA) is 82.7 Å². The van der Waals surface area contributed by atoms with E-state index in [9.17, 15) is 21.6 Å². The van der Waals surface area contributed by atoms with Crippen molar-refractivity contribution in [3.63, 3.8) is 0 Å². The molecule has 11 heteroatoms. The fraction of sp³-hybridized carbons (Fsp3) is 0.688. The second-order valence-electron chi connectivity index (χ2n) is 7.31. The first kappa shape index (κ1) is 18.5. The van der Waals surface area contributed by atoms with E-state index < -0.39 is 27.7 Å². The van der Waals surface area contributed by atoms with Gasteiger partial charge in [-0.05, 0) is 25.3 Å². The third-order valence-corrected chi connectivity index (χ3v) is 7.07. The van der Waals surface area contributed by atoms with Crippen LogP contribution in [0.1, 0.15) is 55.6 Å². The largest absolute Gasteiger partial charge is 0.435 e. The summed E-state index contributed by atoms with van der Waals surface area (Å²) in [5.74, 6) is 0.983. The Morgan fingerprint density at radius 1 is 1.15 bits per heavy atom. The van der Waals surface area contributed by atoms with E-state index in [0.717, 1.165) is 36.4 Å². The molecule has 0 bridgehead atoms. The third-order valence-electron chi connectivity index (χ3n) is 5.32. The van der Waals surface area contributed by atoms with Crippen LogP contribution in [0.25, 0.3) is 11.5 Å². The van der Waals surface area contributed by atoms with Gasteiger partial charge in [-0.3, -0.25) is 4.68 Å². The molecule has 1 atom stereocenters. The summed E-state index contributed by atoms with van der Waals surface area (Å²) in [5, 5.41) is 8.10. The minimum atomic E-state index is -4.56. The molecule has 0 spiro atoms. The average molecular weight is 403 g/mol. The molecule has 27 heavy (non-hydrogen) atoms. The Bertz CT molecular complexity index is 957. The number of halogens is 3. The van der Waals surface area contributed by atoms with Gasteiger partial charge in [0.15, 0.2) is 27.2 Å². The Kier molecular flexibility index (Phi) is 4.32. The van der Waals surface area contributed by atoms with Gasteiger partial charge in [-0.2, -0.15) is 23.4 Å². The molecule has 7 nitrogen and oxygen atoms in total. The summed E-state index contributed by atoms with van der Waals surface area (Å²) in [6.45, 7) is 0. The zero-order valence-electron chi connectivity index (χ0n) is 14.8. The lowest BCUT2D eigenvalue weighted by Crippen LogP contribution is -2.15. The van der Waals surface area contributed by atoms with Gasteiger partial charge in [-0.1, -0.05) is 12.8 Å². The highest BCUT2D eigenvalue weighted by molar-refractivity contribution is 7.91. The van der Waals surface area contributed by atoms with Crippen LogP contribution in [0.15, 0.2) is 6.07 Å². The number of sulfone groups is 1. The maximum atomic E-state index is 13.1. The van der Waals surface area contributed by atoms with Crippen molar-refractivity contribution in [3.8, 4) is 11.5 Å². The van der Waals surface area contributed by atoms with E-state index >= 15 is 0 Å². The van der Waals surface area contributed by atoms with E-state index in [1.807, 2.05) is 0 Å². The molecular formula is C16H20F3N5O2S. The van der Waals surface area contributed by atoms with Gasteiger partial charge >= 0.3 is 6.18 Å². The zero-order chi connectivity index (χ0) is 19.4. The molecule has 0 radical (unpaired) electrons. The number of aromatic nitrogens is 5. The molecule has 4 rings (SSSR count). The van der Waals surface area contributed by atoms with Crippen molar-refractivity contribution in [2.75, 3.05) is 11.5 Å². The van der Waals surface area contributed by atoms with Crippen molar-refractivity contribution in [2.45, 2.75) is 50.2 Å². The van der Waals surface area contributed by atoms with Crippen LogP contribution in [-0.2, 0) is 23.1 Å². The summed E-state index contributed by atoms with van der Waals surface area (Å²) in [7, 11) is -1.75. The first-order chi connectivity index (χ1) is 12.6. The first-order valence-electron chi connectivity index (χ1n) is 8.92. The normalized spacial score (nSPS) is 23.3. The molecule has 1 aliphatic heterocycles. The molecule has 2 aromatic rings. The van der Waals surface area contributed by atoms with E-state index in [2.05, 4.69) is 15.2 Å². The summed E-state index contributed by atoms with van der Waals surface area (Å²) >= 11 is 0. The van der Waals surface area contributed by atoms with Crippen LogP contribution in [-0.4, -0.2) is 44.5 Å². The Labute approximate surface area is 154 Å². The minimum Gasteiger partial charge on any atom is -0.264 e. The predicted octanol–water partition coefficient (Wildman–Crippen LogP) is 2.71. The van der Waals surface area contributed by atoms with E-state index in [0.29, 0.717) is 12.2 Å². The van der Waals surface area contributed by atoms with Crippen LogP contribution in [0.4, 0.5) is 13.2 Å². The molecular weight excluding hydrogens is 383 g/mol. The Morgan fingerprint density at radius 2 is 1.85 bits per heavy atom. The van der Waals surface area contributed by atoms with Crippen molar-refractivity contribution in [2.24, 2.45) is 7.05 Å². The lowest BCUT2D eigenvalue weighted by Gasteiger charge is -2.11. The number of rotatable bonds is 3. The second kappa shape index (κ2) is 6.32.